The fourth-order valence-electron chi connectivity index (χ4n) is 2.38. The third-order valence-corrected chi connectivity index (χ3v) is 5.22. The zero-order valence-corrected chi connectivity index (χ0v) is 17.8. The molecule has 0 atom stereocenters. The van der Waals surface area contributed by atoms with Gasteiger partial charge in [-0.3, -0.25) is 14.9 Å². The largest absolute Gasteiger partial charge is 0.454 e. The average molecular weight is 441 g/mol. The van der Waals surface area contributed by atoms with E-state index < -0.39 is 22.9 Å². The van der Waals surface area contributed by atoms with Crippen molar-refractivity contribution in [3.63, 3.8) is 0 Å². The highest BCUT2D eigenvalue weighted by Gasteiger charge is 2.25. The number of carbonyl (C=O) groups excluding carboxylic acids is 2. The minimum Gasteiger partial charge on any atom is -0.454 e. The maximum absolute atomic E-state index is 12.7. The van der Waals surface area contributed by atoms with Crippen LogP contribution in [0.3, 0.4) is 0 Å². The number of aromatic nitrogens is 4. The van der Waals surface area contributed by atoms with Gasteiger partial charge in [-0.1, -0.05) is 39.0 Å². The smallest absolute Gasteiger partial charge is 0.339 e. The number of benzene rings is 2. The van der Waals surface area contributed by atoms with Crippen LogP contribution in [0.2, 0.25) is 0 Å². The van der Waals surface area contributed by atoms with Gasteiger partial charge >= 0.3 is 5.97 Å². The van der Waals surface area contributed by atoms with Crippen LogP contribution in [0.5, 0.6) is 0 Å². The van der Waals surface area contributed by atoms with Crippen molar-refractivity contribution in [3.05, 3.63) is 64.2 Å². The number of carbonyl (C=O) groups is 2. The van der Waals surface area contributed by atoms with Crippen molar-refractivity contribution in [2.45, 2.75) is 30.8 Å². The van der Waals surface area contributed by atoms with Crippen LogP contribution in [-0.2, 0) is 9.53 Å². The Morgan fingerprint density at radius 2 is 1.87 bits per heavy atom. The van der Waals surface area contributed by atoms with E-state index in [4.69, 9.17) is 4.74 Å². The first-order valence-electron chi connectivity index (χ1n) is 9.17. The minimum atomic E-state index is -0.845. The van der Waals surface area contributed by atoms with E-state index in [1.807, 2.05) is 30.3 Å². The Kier molecular flexibility index (Phi) is 6.44. The van der Waals surface area contributed by atoms with Gasteiger partial charge in [-0.05, 0) is 40.4 Å². The van der Waals surface area contributed by atoms with Crippen molar-refractivity contribution in [2.24, 2.45) is 5.41 Å². The first-order chi connectivity index (χ1) is 14.7. The van der Waals surface area contributed by atoms with Crippen molar-refractivity contribution in [2.75, 3.05) is 6.61 Å². The molecule has 11 heteroatoms. The standard InChI is InChI=1S/C20H19N5O5S/c1-20(2,3)17(26)12-30-18(27)15-11-14(25(28)29)9-10-16(15)31-19-21-22-23-24(19)13-7-5-4-6-8-13/h4-11H,12H2,1-3H3. The molecule has 0 bridgehead atoms. The van der Waals surface area contributed by atoms with Gasteiger partial charge in [0, 0.05) is 22.4 Å². The Labute approximate surface area is 181 Å². The molecule has 0 aliphatic carbocycles. The summed E-state index contributed by atoms with van der Waals surface area (Å²) in [7, 11) is 0. The molecule has 0 spiro atoms. The van der Waals surface area contributed by atoms with Gasteiger partial charge in [0.05, 0.1) is 16.2 Å². The zero-order valence-electron chi connectivity index (χ0n) is 17.0. The summed E-state index contributed by atoms with van der Waals surface area (Å²) < 4.78 is 6.62. The normalized spacial score (nSPS) is 11.2. The zero-order chi connectivity index (χ0) is 22.6. The number of hydrogen-bond donors (Lipinski definition) is 0. The number of Topliss-reactive ketones (excluding diaryl/α,β-unsaturated/α-hetero) is 1. The lowest BCUT2D eigenvalue weighted by Crippen LogP contribution is -2.26. The Morgan fingerprint density at radius 1 is 1.16 bits per heavy atom. The number of nitrogens with zero attached hydrogens (tertiary/aromatic N) is 5. The first kappa shape index (κ1) is 22.1. The van der Waals surface area contributed by atoms with Crippen LogP contribution in [-0.4, -0.2) is 43.5 Å². The van der Waals surface area contributed by atoms with Crippen LogP contribution in [0.15, 0.2) is 58.6 Å². The lowest BCUT2D eigenvalue weighted by molar-refractivity contribution is -0.384. The molecule has 1 heterocycles. The van der Waals surface area contributed by atoms with Gasteiger partial charge in [-0.25, -0.2) is 4.79 Å². The quantitative estimate of drug-likeness (QED) is 0.307. The number of tetrazole rings is 1. The Bertz CT molecular complexity index is 1120. The first-order valence-corrected chi connectivity index (χ1v) is 9.99. The molecule has 31 heavy (non-hydrogen) atoms. The summed E-state index contributed by atoms with van der Waals surface area (Å²) in [5.74, 6) is -1.11. The summed E-state index contributed by atoms with van der Waals surface area (Å²) in [6.45, 7) is 4.69. The van der Waals surface area contributed by atoms with Gasteiger partial charge in [-0.2, -0.15) is 4.68 Å². The molecule has 0 aliphatic heterocycles. The minimum absolute atomic E-state index is 0.0523. The van der Waals surface area contributed by atoms with E-state index in [0.29, 0.717) is 15.7 Å². The second-order valence-corrected chi connectivity index (χ2v) is 8.51. The molecule has 3 aromatic rings. The lowest BCUT2D eigenvalue weighted by atomic mass is 9.91. The lowest BCUT2D eigenvalue weighted by Gasteiger charge is -2.16. The summed E-state index contributed by atoms with van der Waals surface area (Å²) in [5.41, 5.74) is -0.306. The fraction of sp³-hybridized carbons (Fsp3) is 0.250. The Hall–Kier alpha value is -3.60. The monoisotopic (exact) mass is 441 g/mol. The van der Waals surface area contributed by atoms with E-state index in [1.54, 1.807) is 20.8 Å². The molecular weight excluding hydrogens is 422 g/mol. The van der Waals surface area contributed by atoms with Gasteiger partial charge in [0.2, 0.25) is 5.16 Å². The highest BCUT2D eigenvalue weighted by molar-refractivity contribution is 7.99. The molecule has 3 rings (SSSR count). The third kappa shape index (κ3) is 5.31. The number of para-hydroxylation sites is 1. The Morgan fingerprint density at radius 3 is 2.52 bits per heavy atom. The van der Waals surface area contributed by atoms with E-state index in [-0.39, 0.29) is 17.0 Å². The Balaban J connectivity index is 1.91. The molecular formula is C20H19N5O5S. The summed E-state index contributed by atoms with van der Waals surface area (Å²) in [5, 5.41) is 23.2. The van der Waals surface area contributed by atoms with Crippen LogP contribution < -0.4 is 0 Å². The number of nitro benzene ring substituents is 1. The molecule has 0 saturated heterocycles. The highest BCUT2D eigenvalue weighted by atomic mass is 32.2. The van der Waals surface area contributed by atoms with Crippen molar-refractivity contribution in [3.8, 4) is 5.69 Å². The number of esters is 1. The summed E-state index contributed by atoms with van der Waals surface area (Å²) in [4.78, 5) is 35.7. The second-order valence-electron chi connectivity index (χ2n) is 7.50. The number of hydrogen-bond acceptors (Lipinski definition) is 9. The van der Waals surface area contributed by atoms with E-state index in [2.05, 4.69) is 15.5 Å². The van der Waals surface area contributed by atoms with Crippen molar-refractivity contribution >= 4 is 29.2 Å². The predicted molar refractivity (Wildman–Crippen MR) is 111 cm³/mol. The topological polar surface area (TPSA) is 130 Å². The van der Waals surface area contributed by atoms with Crippen molar-refractivity contribution in [1.82, 2.24) is 20.2 Å². The number of ether oxygens (including phenoxy) is 1. The predicted octanol–water partition coefficient (Wildman–Crippen LogP) is 3.49. The molecule has 0 unspecified atom stereocenters. The summed E-state index contributed by atoms with van der Waals surface area (Å²) in [6, 6.07) is 12.9. The van der Waals surface area contributed by atoms with E-state index in [0.717, 1.165) is 17.8 Å². The summed E-state index contributed by atoms with van der Waals surface area (Å²) in [6.07, 6.45) is 0. The number of ketones is 1. The maximum Gasteiger partial charge on any atom is 0.339 e. The molecule has 0 amide bonds. The van der Waals surface area contributed by atoms with Gasteiger partial charge in [0.1, 0.15) is 0 Å². The molecule has 10 nitrogen and oxygen atoms in total. The van der Waals surface area contributed by atoms with Gasteiger partial charge in [0.25, 0.3) is 5.69 Å². The highest BCUT2D eigenvalue weighted by Crippen LogP contribution is 2.32. The van der Waals surface area contributed by atoms with Crippen LogP contribution >= 0.6 is 11.8 Å². The molecule has 0 radical (unpaired) electrons. The van der Waals surface area contributed by atoms with Crippen LogP contribution in [0, 0.1) is 15.5 Å². The van der Waals surface area contributed by atoms with E-state index in [9.17, 15) is 19.7 Å². The van der Waals surface area contributed by atoms with Gasteiger partial charge in [0.15, 0.2) is 12.4 Å². The molecule has 160 valence electrons. The van der Waals surface area contributed by atoms with E-state index in [1.165, 1.54) is 16.8 Å². The van der Waals surface area contributed by atoms with Crippen molar-refractivity contribution in [1.29, 1.82) is 0 Å². The molecule has 0 fully saturated rings. The second kappa shape index (κ2) is 9.04. The van der Waals surface area contributed by atoms with Crippen LogP contribution in [0.1, 0.15) is 31.1 Å². The number of rotatable bonds is 7. The third-order valence-electron chi connectivity index (χ3n) is 4.21. The molecule has 1 aromatic heterocycles. The van der Waals surface area contributed by atoms with Gasteiger partial charge < -0.3 is 4.74 Å². The molecule has 0 saturated carbocycles. The average Bonchev–Trinajstić information content (AvgIpc) is 3.20. The van der Waals surface area contributed by atoms with Crippen LogP contribution in [0.25, 0.3) is 5.69 Å². The van der Waals surface area contributed by atoms with Crippen LogP contribution in [0.4, 0.5) is 5.69 Å². The number of non-ortho nitro benzene ring substituents is 1. The molecule has 2 aromatic carbocycles. The van der Waals surface area contributed by atoms with E-state index >= 15 is 0 Å². The maximum atomic E-state index is 12.7. The van der Waals surface area contributed by atoms with Gasteiger partial charge in [-0.15, -0.1) is 5.10 Å². The molecule has 0 N–H and O–H groups in total. The summed E-state index contributed by atoms with van der Waals surface area (Å²) >= 11 is 1.05. The number of nitro groups is 1. The fourth-order valence-corrected chi connectivity index (χ4v) is 3.27. The van der Waals surface area contributed by atoms with Crippen molar-refractivity contribution < 1.29 is 19.2 Å². The molecule has 0 aliphatic rings. The SMILES string of the molecule is CC(C)(C)C(=O)COC(=O)c1cc([N+](=O)[O-])ccc1Sc1nnnn1-c1ccccc1.